The minimum atomic E-state index is 0. The molecule has 1 aromatic rings. The molecule has 0 amide bonds. The van der Waals surface area contributed by atoms with Crippen LogP contribution >= 0.6 is 24.0 Å². The van der Waals surface area contributed by atoms with E-state index >= 15 is 0 Å². The number of hydrogen-bond acceptors (Lipinski definition) is 4. The van der Waals surface area contributed by atoms with Crippen LogP contribution in [0.5, 0.6) is 0 Å². The smallest absolute Gasteiger partial charge is 0.194 e. The number of nitrogens with one attached hydrogen (secondary N) is 1. The Bertz CT molecular complexity index is 609. The van der Waals surface area contributed by atoms with Crippen molar-refractivity contribution in [2.75, 3.05) is 57.3 Å². The summed E-state index contributed by atoms with van der Waals surface area (Å²) in [5, 5.41) is 3.50. The number of pyridine rings is 1. The van der Waals surface area contributed by atoms with Crippen LogP contribution in [0.25, 0.3) is 0 Å². The molecule has 3 aliphatic rings. The van der Waals surface area contributed by atoms with Crippen LogP contribution in [0.4, 0.5) is 5.82 Å². The summed E-state index contributed by atoms with van der Waals surface area (Å²) in [6.07, 6.45) is 7.55. The first-order chi connectivity index (χ1) is 13.3. The van der Waals surface area contributed by atoms with Crippen molar-refractivity contribution in [2.45, 2.75) is 38.6 Å². The average Bonchev–Trinajstić information content (AvgIpc) is 3.62. The second kappa shape index (κ2) is 10.6. The van der Waals surface area contributed by atoms with Gasteiger partial charge in [0, 0.05) is 58.1 Å². The molecule has 0 atom stereocenters. The first kappa shape index (κ1) is 21.6. The van der Waals surface area contributed by atoms with Crippen molar-refractivity contribution in [3.63, 3.8) is 0 Å². The van der Waals surface area contributed by atoms with E-state index in [0.29, 0.717) is 0 Å². The van der Waals surface area contributed by atoms with Crippen LogP contribution in [0.3, 0.4) is 0 Å². The quantitative estimate of drug-likeness (QED) is 0.340. The SMILES string of the molecule is CCNC(=NCCN(CC1CC1)C1CC1)N1CCN(c2ccccn2)CC1.I. The fraction of sp³-hybridized carbons (Fsp3) is 0.714. The molecule has 4 rings (SSSR count). The van der Waals surface area contributed by atoms with Gasteiger partial charge in [0.1, 0.15) is 5.82 Å². The fourth-order valence-corrected chi connectivity index (χ4v) is 3.89. The number of rotatable bonds is 8. The van der Waals surface area contributed by atoms with Gasteiger partial charge in [0.2, 0.25) is 0 Å². The molecule has 6 nitrogen and oxygen atoms in total. The van der Waals surface area contributed by atoms with Crippen LogP contribution in [-0.2, 0) is 0 Å². The molecule has 0 unspecified atom stereocenters. The van der Waals surface area contributed by atoms with Gasteiger partial charge in [-0.25, -0.2) is 4.98 Å². The molecule has 0 aromatic carbocycles. The minimum absolute atomic E-state index is 0. The maximum Gasteiger partial charge on any atom is 0.194 e. The minimum Gasteiger partial charge on any atom is -0.357 e. The maximum atomic E-state index is 4.97. The Morgan fingerprint density at radius 3 is 2.57 bits per heavy atom. The van der Waals surface area contributed by atoms with E-state index in [2.05, 4.69) is 44.1 Å². The van der Waals surface area contributed by atoms with Gasteiger partial charge in [-0.1, -0.05) is 6.07 Å². The summed E-state index contributed by atoms with van der Waals surface area (Å²) in [4.78, 5) is 16.9. The van der Waals surface area contributed by atoms with E-state index in [4.69, 9.17) is 4.99 Å². The number of halogens is 1. The molecule has 28 heavy (non-hydrogen) atoms. The van der Waals surface area contributed by atoms with E-state index in [1.54, 1.807) is 0 Å². The summed E-state index contributed by atoms with van der Waals surface area (Å²) < 4.78 is 0. The second-order valence-electron chi connectivity index (χ2n) is 8.07. The molecule has 0 spiro atoms. The lowest BCUT2D eigenvalue weighted by molar-refractivity contribution is 0.259. The summed E-state index contributed by atoms with van der Waals surface area (Å²) in [5.74, 6) is 3.14. The van der Waals surface area contributed by atoms with E-state index in [1.165, 1.54) is 32.2 Å². The molecule has 156 valence electrons. The number of aromatic nitrogens is 1. The summed E-state index contributed by atoms with van der Waals surface area (Å²) in [5.41, 5.74) is 0. The molecule has 2 aliphatic carbocycles. The van der Waals surface area contributed by atoms with Crippen LogP contribution in [0.15, 0.2) is 29.4 Å². The Kier molecular flexibility index (Phi) is 8.20. The highest BCUT2D eigenvalue weighted by Crippen LogP contribution is 2.34. The Hall–Kier alpha value is -1.09. The van der Waals surface area contributed by atoms with Gasteiger partial charge in [-0.05, 0) is 50.7 Å². The summed E-state index contributed by atoms with van der Waals surface area (Å²) >= 11 is 0. The molecule has 3 fully saturated rings. The monoisotopic (exact) mass is 498 g/mol. The Labute approximate surface area is 186 Å². The molecule has 1 aliphatic heterocycles. The van der Waals surface area contributed by atoms with Gasteiger partial charge in [0.15, 0.2) is 5.96 Å². The second-order valence-corrected chi connectivity index (χ2v) is 8.07. The summed E-state index contributed by atoms with van der Waals surface area (Å²) in [6.45, 7) is 10.4. The largest absolute Gasteiger partial charge is 0.357 e. The number of anilines is 1. The number of hydrogen-bond donors (Lipinski definition) is 1. The predicted molar refractivity (Wildman–Crippen MR) is 127 cm³/mol. The number of aliphatic imine (C=N–C) groups is 1. The van der Waals surface area contributed by atoms with E-state index in [0.717, 1.165) is 69.6 Å². The number of guanidine groups is 1. The summed E-state index contributed by atoms with van der Waals surface area (Å²) in [7, 11) is 0. The van der Waals surface area contributed by atoms with Crippen molar-refractivity contribution in [2.24, 2.45) is 10.9 Å². The van der Waals surface area contributed by atoms with Gasteiger partial charge < -0.3 is 15.1 Å². The van der Waals surface area contributed by atoms with Crippen LogP contribution in [0.1, 0.15) is 32.6 Å². The zero-order valence-corrected chi connectivity index (χ0v) is 19.4. The van der Waals surface area contributed by atoms with Crippen molar-refractivity contribution in [1.82, 2.24) is 20.1 Å². The highest BCUT2D eigenvalue weighted by atomic mass is 127. The Balaban J connectivity index is 0.00000225. The lowest BCUT2D eigenvalue weighted by Gasteiger charge is -2.37. The van der Waals surface area contributed by atoms with Crippen molar-refractivity contribution in [1.29, 1.82) is 0 Å². The highest BCUT2D eigenvalue weighted by Gasteiger charge is 2.33. The molecule has 7 heteroatoms. The van der Waals surface area contributed by atoms with Crippen LogP contribution in [0, 0.1) is 5.92 Å². The van der Waals surface area contributed by atoms with Crippen LogP contribution < -0.4 is 10.2 Å². The molecule has 2 heterocycles. The third-order valence-electron chi connectivity index (χ3n) is 5.79. The lowest BCUT2D eigenvalue weighted by atomic mass is 10.3. The van der Waals surface area contributed by atoms with E-state index < -0.39 is 0 Å². The van der Waals surface area contributed by atoms with Crippen molar-refractivity contribution < 1.29 is 0 Å². The van der Waals surface area contributed by atoms with Gasteiger partial charge >= 0.3 is 0 Å². The molecule has 2 saturated carbocycles. The maximum absolute atomic E-state index is 4.97. The molecule has 0 radical (unpaired) electrons. The topological polar surface area (TPSA) is 47.0 Å². The Morgan fingerprint density at radius 1 is 1.18 bits per heavy atom. The van der Waals surface area contributed by atoms with Gasteiger partial charge in [-0.3, -0.25) is 9.89 Å². The van der Waals surface area contributed by atoms with Crippen molar-refractivity contribution in [3.05, 3.63) is 24.4 Å². The van der Waals surface area contributed by atoms with E-state index in [9.17, 15) is 0 Å². The average molecular weight is 498 g/mol. The molecular weight excluding hydrogens is 463 g/mol. The zero-order chi connectivity index (χ0) is 18.5. The number of piperazine rings is 1. The van der Waals surface area contributed by atoms with Crippen molar-refractivity contribution in [3.8, 4) is 0 Å². The molecule has 1 aromatic heterocycles. The molecule has 1 saturated heterocycles. The zero-order valence-electron chi connectivity index (χ0n) is 17.1. The molecule has 0 bridgehead atoms. The van der Waals surface area contributed by atoms with Crippen molar-refractivity contribution >= 4 is 35.8 Å². The third-order valence-corrected chi connectivity index (χ3v) is 5.79. The fourth-order valence-electron chi connectivity index (χ4n) is 3.89. The lowest BCUT2D eigenvalue weighted by Crippen LogP contribution is -2.53. The van der Waals surface area contributed by atoms with Gasteiger partial charge in [-0.15, -0.1) is 24.0 Å². The number of nitrogens with zero attached hydrogens (tertiary/aromatic N) is 5. The molecular formula is C21H35IN6. The van der Waals surface area contributed by atoms with Gasteiger partial charge in [-0.2, -0.15) is 0 Å². The first-order valence-corrected chi connectivity index (χ1v) is 10.8. The van der Waals surface area contributed by atoms with Crippen LogP contribution in [-0.4, -0.2) is 79.1 Å². The van der Waals surface area contributed by atoms with E-state index in [1.807, 2.05) is 12.3 Å². The Morgan fingerprint density at radius 2 is 1.96 bits per heavy atom. The predicted octanol–water partition coefficient (Wildman–Crippen LogP) is 2.66. The molecule has 1 N–H and O–H groups in total. The summed E-state index contributed by atoms with van der Waals surface area (Å²) in [6, 6.07) is 6.99. The van der Waals surface area contributed by atoms with Gasteiger partial charge in [0.05, 0.1) is 6.54 Å². The van der Waals surface area contributed by atoms with Gasteiger partial charge in [0.25, 0.3) is 0 Å². The normalized spacial score (nSPS) is 20.3. The van der Waals surface area contributed by atoms with E-state index in [-0.39, 0.29) is 24.0 Å². The third kappa shape index (κ3) is 6.20. The highest BCUT2D eigenvalue weighted by molar-refractivity contribution is 14.0. The standard InChI is InChI=1S/C21H34N6.HI/c1-2-22-21(24-11-12-27(19-8-9-19)17-18-6-7-18)26-15-13-25(14-16-26)20-5-3-4-10-23-20;/h3-5,10,18-19H,2,6-9,11-17H2,1H3,(H,22,24);1H. The van der Waals surface area contributed by atoms with Crippen LogP contribution in [0.2, 0.25) is 0 Å². The first-order valence-electron chi connectivity index (χ1n) is 10.8.